The van der Waals surface area contributed by atoms with E-state index >= 15 is 0 Å². The van der Waals surface area contributed by atoms with Crippen molar-refractivity contribution >= 4 is 5.82 Å². The lowest BCUT2D eigenvalue weighted by Gasteiger charge is -2.05. The summed E-state index contributed by atoms with van der Waals surface area (Å²) in [6.07, 6.45) is 1.85. The first-order chi connectivity index (χ1) is 8.69. The minimum atomic E-state index is -0.585. The maximum atomic E-state index is 13.5. The third-order valence-electron chi connectivity index (χ3n) is 2.43. The van der Waals surface area contributed by atoms with Gasteiger partial charge in [0.15, 0.2) is 0 Å². The molecule has 0 fully saturated rings. The van der Waals surface area contributed by atoms with Crippen LogP contribution in [-0.4, -0.2) is 16.5 Å². The van der Waals surface area contributed by atoms with Gasteiger partial charge in [0.25, 0.3) is 0 Å². The Hall–Kier alpha value is -2.04. The first-order valence-corrected chi connectivity index (χ1v) is 5.68. The molecule has 0 saturated carbocycles. The fourth-order valence-electron chi connectivity index (χ4n) is 1.60. The molecular formula is C13H13F2N3. The molecule has 2 rings (SSSR count). The van der Waals surface area contributed by atoms with E-state index in [1.807, 2.05) is 6.92 Å². The molecule has 0 saturated heterocycles. The van der Waals surface area contributed by atoms with E-state index in [2.05, 4.69) is 15.3 Å². The summed E-state index contributed by atoms with van der Waals surface area (Å²) >= 11 is 0. The number of hydrogen-bond donors (Lipinski definition) is 1. The first kappa shape index (κ1) is 12.4. The van der Waals surface area contributed by atoms with Gasteiger partial charge in [-0.1, -0.05) is 6.07 Å². The van der Waals surface area contributed by atoms with Crippen molar-refractivity contribution in [3.63, 3.8) is 0 Å². The van der Waals surface area contributed by atoms with Gasteiger partial charge in [0.1, 0.15) is 23.3 Å². The zero-order valence-corrected chi connectivity index (χ0v) is 9.95. The molecular weight excluding hydrogens is 236 g/mol. The van der Waals surface area contributed by atoms with Crippen molar-refractivity contribution in [2.24, 2.45) is 0 Å². The van der Waals surface area contributed by atoms with Gasteiger partial charge >= 0.3 is 0 Å². The van der Waals surface area contributed by atoms with Crippen molar-refractivity contribution in [1.82, 2.24) is 9.97 Å². The highest BCUT2D eigenvalue weighted by molar-refractivity contribution is 5.33. The number of nitrogens with one attached hydrogen (secondary N) is 1. The second-order valence-electron chi connectivity index (χ2n) is 3.80. The fraction of sp³-hybridized carbons (Fsp3) is 0.231. The topological polar surface area (TPSA) is 37.8 Å². The molecule has 2 aromatic rings. The number of aromatic nitrogens is 2. The van der Waals surface area contributed by atoms with Gasteiger partial charge in [0, 0.05) is 25.2 Å². The number of rotatable bonds is 4. The summed E-state index contributed by atoms with van der Waals surface area (Å²) in [6.45, 7) is 2.71. The Morgan fingerprint density at radius 1 is 1.22 bits per heavy atom. The Morgan fingerprint density at radius 3 is 2.78 bits per heavy atom. The van der Waals surface area contributed by atoms with Crippen LogP contribution < -0.4 is 5.32 Å². The summed E-state index contributed by atoms with van der Waals surface area (Å²) in [5.41, 5.74) is 0.380. The molecule has 3 nitrogen and oxygen atoms in total. The second kappa shape index (κ2) is 5.53. The normalized spacial score (nSPS) is 10.4. The van der Waals surface area contributed by atoms with Gasteiger partial charge in [-0.2, -0.15) is 0 Å². The molecule has 5 heteroatoms. The summed E-state index contributed by atoms with van der Waals surface area (Å²) < 4.78 is 26.2. The van der Waals surface area contributed by atoms with E-state index in [9.17, 15) is 8.78 Å². The maximum Gasteiger partial charge on any atom is 0.135 e. The zero-order chi connectivity index (χ0) is 13.0. The maximum absolute atomic E-state index is 13.5. The number of anilines is 1. The third kappa shape index (κ3) is 3.00. The minimum Gasteiger partial charge on any atom is -0.370 e. The molecule has 0 aliphatic heterocycles. The quantitative estimate of drug-likeness (QED) is 0.905. The SMILES string of the molecule is CCNc1ccnc(Cc2ccc(F)cc2F)n1. The fourth-order valence-corrected chi connectivity index (χ4v) is 1.60. The van der Waals surface area contributed by atoms with E-state index in [4.69, 9.17) is 0 Å². The summed E-state index contributed by atoms with van der Waals surface area (Å²) in [5.74, 6) is 0.0370. The number of hydrogen-bond acceptors (Lipinski definition) is 3. The molecule has 0 radical (unpaired) electrons. The molecule has 1 N–H and O–H groups in total. The molecule has 0 atom stereocenters. The summed E-state index contributed by atoms with van der Waals surface area (Å²) in [4.78, 5) is 8.31. The van der Waals surface area contributed by atoms with Gasteiger partial charge in [0.2, 0.25) is 0 Å². The number of nitrogens with zero attached hydrogens (tertiary/aromatic N) is 2. The molecule has 0 unspecified atom stereocenters. The Labute approximate surface area is 104 Å². The molecule has 18 heavy (non-hydrogen) atoms. The van der Waals surface area contributed by atoms with Crippen LogP contribution in [0.1, 0.15) is 18.3 Å². The predicted molar refractivity (Wildman–Crippen MR) is 65.4 cm³/mol. The molecule has 1 heterocycles. The van der Waals surface area contributed by atoms with Crippen LogP contribution in [0.3, 0.4) is 0 Å². The van der Waals surface area contributed by atoms with E-state index in [1.165, 1.54) is 12.1 Å². The van der Waals surface area contributed by atoms with Gasteiger partial charge in [-0.25, -0.2) is 18.7 Å². The number of halogens is 2. The second-order valence-corrected chi connectivity index (χ2v) is 3.80. The molecule has 1 aromatic carbocycles. The van der Waals surface area contributed by atoms with Gasteiger partial charge in [-0.15, -0.1) is 0 Å². The lowest BCUT2D eigenvalue weighted by molar-refractivity contribution is 0.573. The van der Waals surface area contributed by atoms with Crippen LogP contribution in [0.4, 0.5) is 14.6 Å². The van der Waals surface area contributed by atoms with Crippen LogP contribution in [0.15, 0.2) is 30.5 Å². The highest BCUT2D eigenvalue weighted by Gasteiger charge is 2.07. The van der Waals surface area contributed by atoms with E-state index in [-0.39, 0.29) is 6.42 Å². The monoisotopic (exact) mass is 249 g/mol. The van der Waals surface area contributed by atoms with Crippen molar-refractivity contribution < 1.29 is 8.78 Å². The third-order valence-corrected chi connectivity index (χ3v) is 2.43. The lowest BCUT2D eigenvalue weighted by atomic mass is 10.1. The van der Waals surface area contributed by atoms with E-state index in [0.29, 0.717) is 17.2 Å². The highest BCUT2D eigenvalue weighted by Crippen LogP contribution is 2.13. The molecule has 1 aromatic heterocycles. The Morgan fingerprint density at radius 2 is 2.06 bits per heavy atom. The van der Waals surface area contributed by atoms with Gasteiger partial charge in [0.05, 0.1) is 0 Å². The zero-order valence-electron chi connectivity index (χ0n) is 9.95. The Bertz CT molecular complexity index is 544. The van der Waals surface area contributed by atoms with Gasteiger partial charge < -0.3 is 5.32 Å². The summed E-state index contributed by atoms with van der Waals surface area (Å²) in [6, 6.07) is 5.25. The lowest BCUT2D eigenvalue weighted by Crippen LogP contribution is -2.04. The van der Waals surface area contributed by atoms with Crippen LogP contribution in [0.5, 0.6) is 0 Å². The molecule has 0 aliphatic carbocycles. The van der Waals surface area contributed by atoms with Crippen LogP contribution >= 0.6 is 0 Å². The molecule has 0 spiro atoms. The van der Waals surface area contributed by atoms with Crippen LogP contribution in [0, 0.1) is 11.6 Å². The average molecular weight is 249 g/mol. The van der Waals surface area contributed by atoms with Crippen molar-refractivity contribution in [2.75, 3.05) is 11.9 Å². The van der Waals surface area contributed by atoms with Crippen LogP contribution in [0.2, 0.25) is 0 Å². The van der Waals surface area contributed by atoms with Crippen molar-refractivity contribution in [2.45, 2.75) is 13.3 Å². The van der Waals surface area contributed by atoms with Crippen molar-refractivity contribution in [1.29, 1.82) is 0 Å². The number of benzene rings is 1. The van der Waals surface area contributed by atoms with Crippen molar-refractivity contribution in [3.8, 4) is 0 Å². The summed E-state index contributed by atoms with van der Waals surface area (Å²) in [5, 5.41) is 3.05. The van der Waals surface area contributed by atoms with E-state index in [0.717, 1.165) is 12.6 Å². The van der Waals surface area contributed by atoms with Crippen LogP contribution in [0.25, 0.3) is 0 Å². The Balaban J connectivity index is 2.20. The predicted octanol–water partition coefficient (Wildman–Crippen LogP) is 2.78. The molecule has 94 valence electrons. The minimum absolute atomic E-state index is 0.241. The van der Waals surface area contributed by atoms with Gasteiger partial charge in [-0.3, -0.25) is 0 Å². The molecule has 0 bridgehead atoms. The molecule has 0 amide bonds. The van der Waals surface area contributed by atoms with E-state index in [1.54, 1.807) is 12.3 Å². The first-order valence-electron chi connectivity index (χ1n) is 5.68. The standard InChI is InChI=1S/C13H13F2N3/c1-2-16-12-5-6-17-13(18-12)7-9-3-4-10(14)8-11(9)15/h3-6,8H,2,7H2,1H3,(H,16,17,18). The van der Waals surface area contributed by atoms with Crippen molar-refractivity contribution in [3.05, 3.63) is 53.5 Å². The molecule has 0 aliphatic rings. The largest absolute Gasteiger partial charge is 0.370 e. The van der Waals surface area contributed by atoms with E-state index < -0.39 is 11.6 Å². The Kier molecular flexibility index (Phi) is 3.82. The average Bonchev–Trinajstić information content (AvgIpc) is 2.34. The highest BCUT2D eigenvalue weighted by atomic mass is 19.1. The van der Waals surface area contributed by atoms with Gasteiger partial charge in [-0.05, 0) is 24.6 Å². The smallest absolute Gasteiger partial charge is 0.135 e. The van der Waals surface area contributed by atoms with Crippen LogP contribution in [-0.2, 0) is 6.42 Å². The summed E-state index contributed by atoms with van der Waals surface area (Å²) in [7, 11) is 0.